The Kier molecular flexibility index (Phi) is 3.24. The number of hydrogen-bond donors (Lipinski definition) is 0. The van der Waals surface area contributed by atoms with E-state index in [1.165, 1.54) is 6.07 Å². The van der Waals surface area contributed by atoms with Crippen LogP contribution in [0.3, 0.4) is 0 Å². The molecule has 0 unspecified atom stereocenters. The van der Waals surface area contributed by atoms with Crippen LogP contribution < -0.4 is 0 Å². The van der Waals surface area contributed by atoms with Gasteiger partial charge in [-0.15, -0.1) is 0 Å². The minimum absolute atomic E-state index is 0.266. The van der Waals surface area contributed by atoms with Crippen molar-refractivity contribution >= 4 is 15.9 Å². The second-order valence-corrected chi connectivity index (χ2v) is 3.14. The molecule has 0 spiro atoms. The molecule has 0 amide bonds. The zero-order chi connectivity index (χ0) is 8.97. The van der Waals surface area contributed by atoms with Crippen LogP contribution in [0.4, 0.5) is 4.39 Å². The molecule has 0 radical (unpaired) electrons. The molecular formula is C9H7BrFN. The normalized spacial score (nSPS) is 9.42. The van der Waals surface area contributed by atoms with Gasteiger partial charge in [0.1, 0.15) is 5.82 Å². The van der Waals surface area contributed by atoms with Gasteiger partial charge in [0.2, 0.25) is 6.54 Å². The molecule has 0 saturated carbocycles. The number of nitrogens with zero attached hydrogens (tertiary/aromatic N) is 1. The molecule has 1 rings (SSSR count). The lowest BCUT2D eigenvalue weighted by molar-refractivity contribution is 0.618. The molecule has 0 heterocycles. The van der Waals surface area contributed by atoms with E-state index < -0.39 is 0 Å². The highest BCUT2D eigenvalue weighted by molar-refractivity contribution is 9.10. The smallest absolute Gasteiger partial charge is 0.218 e. The van der Waals surface area contributed by atoms with Crippen molar-refractivity contribution in [2.45, 2.75) is 6.42 Å². The Bertz CT molecular complexity index is 317. The van der Waals surface area contributed by atoms with E-state index >= 15 is 0 Å². The summed E-state index contributed by atoms with van der Waals surface area (Å²) in [5.41, 5.74) is 0.853. The predicted molar refractivity (Wildman–Crippen MR) is 49.3 cm³/mol. The average molecular weight is 228 g/mol. The van der Waals surface area contributed by atoms with Crippen LogP contribution in [-0.2, 0) is 6.42 Å². The summed E-state index contributed by atoms with van der Waals surface area (Å²) in [4.78, 5) is 3.21. The molecule has 0 aliphatic rings. The Morgan fingerprint density at radius 2 is 2.25 bits per heavy atom. The molecular weight excluding hydrogens is 221 g/mol. The summed E-state index contributed by atoms with van der Waals surface area (Å²) in [6.45, 7) is 7.00. The van der Waals surface area contributed by atoms with E-state index in [-0.39, 0.29) is 5.82 Å². The van der Waals surface area contributed by atoms with Crippen LogP contribution in [0.1, 0.15) is 5.56 Å². The largest absolute Gasteiger partial charge is 0.317 e. The van der Waals surface area contributed by atoms with Crippen LogP contribution in [-0.4, -0.2) is 6.54 Å². The van der Waals surface area contributed by atoms with E-state index in [1.54, 1.807) is 6.07 Å². The number of hydrogen-bond acceptors (Lipinski definition) is 0. The van der Waals surface area contributed by atoms with Gasteiger partial charge in [-0.1, -0.05) is 12.1 Å². The SMILES string of the molecule is [C-]#[N+]CCc1cccc(F)c1Br. The Hall–Kier alpha value is -0.880. The predicted octanol–water partition coefficient (Wildman–Crippen LogP) is 3.05. The Labute approximate surface area is 79.2 Å². The minimum atomic E-state index is -0.266. The molecule has 0 fully saturated rings. The van der Waals surface area contributed by atoms with E-state index in [4.69, 9.17) is 6.57 Å². The first kappa shape index (κ1) is 9.21. The summed E-state index contributed by atoms with van der Waals surface area (Å²) in [6, 6.07) is 4.86. The minimum Gasteiger partial charge on any atom is -0.317 e. The lowest BCUT2D eigenvalue weighted by Crippen LogP contribution is -1.91. The Balaban J connectivity index is 2.86. The molecule has 0 saturated heterocycles. The number of halogens is 2. The van der Waals surface area contributed by atoms with Crippen molar-refractivity contribution in [3.05, 3.63) is 45.5 Å². The van der Waals surface area contributed by atoms with Gasteiger partial charge >= 0.3 is 0 Å². The molecule has 0 N–H and O–H groups in total. The van der Waals surface area contributed by atoms with Crippen LogP contribution in [0.5, 0.6) is 0 Å². The lowest BCUT2D eigenvalue weighted by Gasteiger charge is -2.00. The van der Waals surface area contributed by atoms with E-state index in [1.807, 2.05) is 6.07 Å². The van der Waals surface area contributed by atoms with E-state index in [0.29, 0.717) is 17.4 Å². The molecule has 3 heteroatoms. The summed E-state index contributed by atoms with van der Waals surface area (Å²) in [6.07, 6.45) is 0.599. The summed E-state index contributed by atoms with van der Waals surface area (Å²) in [7, 11) is 0. The third kappa shape index (κ3) is 2.05. The first-order valence-corrected chi connectivity index (χ1v) is 4.31. The van der Waals surface area contributed by atoms with Crippen LogP contribution in [0.2, 0.25) is 0 Å². The van der Waals surface area contributed by atoms with Crippen LogP contribution in [0.25, 0.3) is 4.85 Å². The maximum absolute atomic E-state index is 12.9. The maximum Gasteiger partial charge on any atom is 0.218 e. The van der Waals surface area contributed by atoms with Crippen LogP contribution in [0, 0.1) is 12.4 Å². The fraction of sp³-hybridized carbons (Fsp3) is 0.222. The summed E-state index contributed by atoms with van der Waals surface area (Å²) >= 11 is 3.13. The summed E-state index contributed by atoms with van der Waals surface area (Å²) < 4.78 is 13.4. The van der Waals surface area contributed by atoms with Gasteiger partial charge in [-0.2, -0.15) is 0 Å². The topological polar surface area (TPSA) is 4.36 Å². The average Bonchev–Trinajstić information content (AvgIpc) is 2.08. The van der Waals surface area contributed by atoms with Crippen molar-refractivity contribution in [2.75, 3.05) is 6.54 Å². The highest BCUT2D eigenvalue weighted by atomic mass is 79.9. The number of rotatable bonds is 2. The first-order valence-electron chi connectivity index (χ1n) is 3.52. The molecule has 1 nitrogen and oxygen atoms in total. The van der Waals surface area contributed by atoms with Gasteiger partial charge in [0.25, 0.3) is 0 Å². The molecule has 1 aromatic carbocycles. The quantitative estimate of drug-likeness (QED) is 0.685. The molecule has 1 aromatic rings. The lowest BCUT2D eigenvalue weighted by atomic mass is 10.1. The van der Waals surface area contributed by atoms with E-state index in [2.05, 4.69) is 20.8 Å². The first-order chi connectivity index (χ1) is 5.75. The van der Waals surface area contributed by atoms with Crippen molar-refractivity contribution < 1.29 is 4.39 Å². The van der Waals surface area contributed by atoms with Gasteiger partial charge in [-0.25, -0.2) is 11.0 Å². The zero-order valence-corrected chi connectivity index (χ0v) is 7.94. The summed E-state index contributed by atoms with van der Waals surface area (Å²) in [5.74, 6) is -0.266. The van der Waals surface area contributed by atoms with Gasteiger partial charge in [-0.3, -0.25) is 0 Å². The fourth-order valence-corrected chi connectivity index (χ4v) is 1.38. The van der Waals surface area contributed by atoms with Crippen molar-refractivity contribution in [1.82, 2.24) is 0 Å². The fourth-order valence-electron chi connectivity index (χ4n) is 0.918. The molecule has 0 atom stereocenters. The van der Waals surface area contributed by atoms with Crippen LogP contribution in [0.15, 0.2) is 22.7 Å². The van der Waals surface area contributed by atoms with Gasteiger partial charge < -0.3 is 4.85 Å². The van der Waals surface area contributed by atoms with E-state index in [0.717, 1.165) is 5.56 Å². The van der Waals surface area contributed by atoms with Crippen molar-refractivity contribution in [1.29, 1.82) is 0 Å². The van der Waals surface area contributed by atoms with Gasteiger partial charge in [0.15, 0.2) is 0 Å². The standard InChI is InChI=1S/C9H7BrFN/c1-12-6-5-7-3-2-4-8(11)9(7)10/h2-4H,5-6H2. The van der Waals surface area contributed by atoms with Crippen molar-refractivity contribution in [2.24, 2.45) is 0 Å². The highest BCUT2D eigenvalue weighted by Crippen LogP contribution is 2.20. The highest BCUT2D eigenvalue weighted by Gasteiger charge is 2.04. The monoisotopic (exact) mass is 227 g/mol. The van der Waals surface area contributed by atoms with Crippen LogP contribution >= 0.6 is 15.9 Å². The van der Waals surface area contributed by atoms with Gasteiger partial charge in [-0.05, 0) is 27.6 Å². The van der Waals surface area contributed by atoms with Gasteiger partial charge in [0, 0.05) is 6.42 Å². The maximum atomic E-state index is 12.9. The zero-order valence-electron chi connectivity index (χ0n) is 6.35. The Morgan fingerprint density at radius 3 is 2.92 bits per heavy atom. The number of benzene rings is 1. The second kappa shape index (κ2) is 4.22. The van der Waals surface area contributed by atoms with Crippen molar-refractivity contribution in [3.63, 3.8) is 0 Å². The third-order valence-corrected chi connectivity index (χ3v) is 2.41. The second-order valence-electron chi connectivity index (χ2n) is 2.34. The molecule has 62 valence electrons. The molecule has 0 bridgehead atoms. The van der Waals surface area contributed by atoms with Crippen molar-refractivity contribution in [3.8, 4) is 0 Å². The van der Waals surface area contributed by atoms with E-state index in [9.17, 15) is 4.39 Å². The molecule has 0 aliphatic carbocycles. The molecule has 0 aliphatic heterocycles. The molecule has 0 aromatic heterocycles. The third-order valence-electron chi connectivity index (χ3n) is 1.52. The Morgan fingerprint density at radius 1 is 1.50 bits per heavy atom. The summed E-state index contributed by atoms with van der Waals surface area (Å²) in [5, 5.41) is 0. The molecule has 12 heavy (non-hydrogen) atoms. The van der Waals surface area contributed by atoms with Gasteiger partial charge in [0.05, 0.1) is 4.47 Å².